The van der Waals surface area contributed by atoms with E-state index in [0.29, 0.717) is 16.6 Å². The van der Waals surface area contributed by atoms with Crippen molar-refractivity contribution in [1.82, 2.24) is 0 Å². The second-order valence-corrected chi connectivity index (χ2v) is 16.9. The number of carbonyl (C=O) groups is 2. The largest absolute Gasteiger partial charge is 0.489 e. The van der Waals surface area contributed by atoms with E-state index in [1.165, 1.54) is 47.7 Å². The zero-order valence-corrected chi connectivity index (χ0v) is 32.8. The molecular formula is C34H26BBrCl2N2O8S4. The van der Waals surface area contributed by atoms with Crippen LogP contribution in [0, 0.1) is 0 Å². The van der Waals surface area contributed by atoms with Gasteiger partial charge < -0.3 is 10.0 Å². The minimum Gasteiger partial charge on any atom is -0.423 e. The van der Waals surface area contributed by atoms with Gasteiger partial charge in [0.15, 0.2) is 11.6 Å². The van der Waals surface area contributed by atoms with Gasteiger partial charge in [-0.2, -0.15) is 22.7 Å². The molecule has 18 heteroatoms. The molecule has 0 aliphatic rings. The number of nitrogens with two attached hydrogens (primary N) is 2. The lowest BCUT2D eigenvalue weighted by Gasteiger charge is -2.06. The highest BCUT2D eigenvalue weighted by atomic mass is 79.9. The Labute approximate surface area is 326 Å². The van der Waals surface area contributed by atoms with E-state index < -0.39 is 27.2 Å². The molecule has 0 unspecified atom stereocenters. The quantitative estimate of drug-likeness (QED) is 0.100. The van der Waals surface area contributed by atoms with Gasteiger partial charge >= 0.3 is 7.12 Å². The highest BCUT2D eigenvalue weighted by molar-refractivity contribution is 9.10. The van der Waals surface area contributed by atoms with E-state index in [1.807, 2.05) is 29.0 Å². The molecule has 10 nitrogen and oxygen atoms in total. The summed E-state index contributed by atoms with van der Waals surface area (Å²) in [6, 6.07) is 25.5. The standard InChI is InChI=1S/C17H12ClNO3S2.C13H9BrClNO3S.C4H5BO2S/c18-15-6-5-13(9-16(15)24(19,21)22)17(20)12-3-1-11(2-4-12)14-7-8-23-10-14;14-10-4-1-8(2-5-10)13(17)9-3-6-11(15)12(7-9)20(16,18)19;6-5(7)4-1-2-8-3-4/h1-10H,(H2,19,21,22);1-7H,(H2,16,18,19);1-3,6-7H. The van der Waals surface area contributed by atoms with Crippen molar-refractivity contribution < 1.29 is 36.5 Å². The fourth-order valence-corrected chi connectivity index (χ4v) is 8.07. The zero-order valence-electron chi connectivity index (χ0n) is 26.4. The summed E-state index contributed by atoms with van der Waals surface area (Å²) < 4.78 is 46.7. The van der Waals surface area contributed by atoms with Gasteiger partial charge in [0.2, 0.25) is 20.0 Å². The van der Waals surface area contributed by atoms with Crippen LogP contribution in [-0.2, 0) is 20.0 Å². The molecule has 2 aromatic heterocycles. The first-order valence-corrected chi connectivity index (χ1v) is 21.0. The summed E-state index contributed by atoms with van der Waals surface area (Å²) in [6.45, 7) is 0. The molecule has 0 bridgehead atoms. The normalized spacial score (nSPS) is 11.1. The smallest absolute Gasteiger partial charge is 0.423 e. The number of ketones is 2. The molecule has 6 N–H and O–H groups in total. The topological polar surface area (TPSA) is 195 Å². The molecule has 268 valence electrons. The molecule has 0 saturated carbocycles. The van der Waals surface area contributed by atoms with Gasteiger partial charge in [-0.1, -0.05) is 69.5 Å². The number of halogens is 3. The molecule has 0 atom stereocenters. The Bertz CT molecular complexity index is 2400. The molecule has 0 aliphatic heterocycles. The third kappa shape index (κ3) is 11.2. The Morgan fingerprint density at radius 1 is 0.596 bits per heavy atom. The first-order chi connectivity index (χ1) is 24.5. The van der Waals surface area contributed by atoms with Gasteiger partial charge in [-0.3, -0.25) is 9.59 Å². The summed E-state index contributed by atoms with van der Waals surface area (Å²) in [6.07, 6.45) is 0. The number of hydrogen-bond donors (Lipinski definition) is 4. The van der Waals surface area contributed by atoms with Crippen LogP contribution < -0.4 is 15.7 Å². The van der Waals surface area contributed by atoms with E-state index in [1.54, 1.807) is 64.6 Å². The van der Waals surface area contributed by atoms with Gasteiger partial charge in [0.25, 0.3) is 0 Å². The highest BCUT2D eigenvalue weighted by Gasteiger charge is 2.19. The van der Waals surface area contributed by atoms with Crippen molar-refractivity contribution in [3.63, 3.8) is 0 Å². The van der Waals surface area contributed by atoms with Gasteiger partial charge in [-0.05, 0) is 105 Å². The average molecular weight is 880 g/mol. The lowest BCUT2D eigenvalue weighted by molar-refractivity contribution is 0.103. The SMILES string of the molecule is NS(=O)(=O)c1cc(C(=O)c2ccc(-c3ccsc3)cc2)ccc1Cl.NS(=O)(=O)c1cc(C(=O)c2ccc(Br)cc2)ccc1Cl.OB(O)c1ccsc1. The molecule has 2 heterocycles. The second-order valence-electron chi connectivity index (χ2n) is 10.6. The van der Waals surface area contributed by atoms with Crippen LogP contribution in [0.3, 0.4) is 0 Å². The predicted molar refractivity (Wildman–Crippen MR) is 211 cm³/mol. The lowest BCUT2D eigenvalue weighted by Crippen LogP contribution is -2.27. The average Bonchev–Trinajstić information content (AvgIpc) is 3.84. The van der Waals surface area contributed by atoms with Crippen molar-refractivity contribution in [2.75, 3.05) is 0 Å². The summed E-state index contributed by atoms with van der Waals surface area (Å²) in [7, 11) is -9.27. The van der Waals surface area contributed by atoms with Gasteiger partial charge in [0, 0.05) is 26.7 Å². The van der Waals surface area contributed by atoms with E-state index in [2.05, 4.69) is 15.9 Å². The van der Waals surface area contributed by atoms with E-state index in [-0.39, 0.29) is 42.5 Å². The maximum Gasteiger partial charge on any atom is 0.489 e. The number of thiophene rings is 2. The van der Waals surface area contributed by atoms with Crippen LogP contribution in [0.15, 0.2) is 133 Å². The highest BCUT2D eigenvalue weighted by Crippen LogP contribution is 2.26. The van der Waals surface area contributed by atoms with Crippen molar-refractivity contribution in [2.24, 2.45) is 10.3 Å². The summed E-state index contributed by atoms with van der Waals surface area (Å²) in [5, 5.41) is 34.6. The van der Waals surface area contributed by atoms with Crippen LogP contribution in [-0.4, -0.2) is 45.6 Å². The molecule has 0 radical (unpaired) electrons. The van der Waals surface area contributed by atoms with Gasteiger partial charge in [-0.25, -0.2) is 27.1 Å². The van der Waals surface area contributed by atoms with Crippen molar-refractivity contribution in [3.8, 4) is 11.1 Å². The maximum atomic E-state index is 12.6. The maximum absolute atomic E-state index is 12.6. The predicted octanol–water partition coefficient (Wildman–Crippen LogP) is 6.36. The van der Waals surface area contributed by atoms with Crippen molar-refractivity contribution >= 4 is 106 Å². The van der Waals surface area contributed by atoms with E-state index >= 15 is 0 Å². The summed E-state index contributed by atoms with van der Waals surface area (Å²) >= 11 is 17.9. The molecule has 0 saturated heterocycles. The molecule has 0 fully saturated rings. The fraction of sp³-hybridized carbons (Fsp3) is 0. The molecule has 6 aromatic rings. The molecule has 0 spiro atoms. The van der Waals surface area contributed by atoms with Crippen LogP contribution in [0.5, 0.6) is 0 Å². The number of rotatable bonds is 8. The first-order valence-electron chi connectivity index (χ1n) is 14.5. The van der Waals surface area contributed by atoms with Crippen molar-refractivity contribution in [3.05, 3.63) is 155 Å². The Kier molecular flexibility index (Phi) is 14.3. The van der Waals surface area contributed by atoms with E-state index in [9.17, 15) is 26.4 Å². The third-order valence-electron chi connectivity index (χ3n) is 6.95. The van der Waals surface area contributed by atoms with Crippen LogP contribution in [0.25, 0.3) is 11.1 Å². The fourth-order valence-electron chi connectivity index (χ4n) is 4.32. The van der Waals surface area contributed by atoms with Gasteiger partial charge in [0.05, 0.1) is 10.0 Å². The van der Waals surface area contributed by atoms with Crippen LogP contribution in [0.2, 0.25) is 10.0 Å². The van der Waals surface area contributed by atoms with Crippen LogP contribution in [0.1, 0.15) is 31.8 Å². The Morgan fingerprint density at radius 3 is 1.38 bits per heavy atom. The van der Waals surface area contributed by atoms with Crippen molar-refractivity contribution in [2.45, 2.75) is 9.79 Å². The van der Waals surface area contributed by atoms with Gasteiger partial charge in [-0.15, -0.1) is 0 Å². The molecule has 0 aliphatic carbocycles. The Morgan fingerprint density at radius 2 is 1.02 bits per heavy atom. The minimum absolute atomic E-state index is 0.0122. The van der Waals surface area contributed by atoms with Gasteiger partial charge in [0.1, 0.15) is 9.79 Å². The third-order valence-corrected chi connectivity index (χ3v) is 11.6. The molecule has 4 aromatic carbocycles. The Balaban J connectivity index is 0.000000194. The lowest BCUT2D eigenvalue weighted by atomic mass is 9.83. The molecule has 0 amide bonds. The molecule has 6 rings (SSSR count). The first kappa shape index (κ1) is 41.2. The number of benzene rings is 4. The number of carbonyl (C=O) groups excluding carboxylic acids is 2. The number of primary sulfonamides is 2. The number of hydrogen-bond acceptors (Lipinski definition) is 10. The second kappa shape index (κ2) is 18.0. The number of sulfonamides is 2. The summed E-state index contributed by atoms with van der Waals surface area (Å²) in [5.74, 6) is -0.604. The summed E-state index contributed by atoms with van der Waals surface area (Å²) in [4.78, 5) is 24.3. The zero-order chi connectivity index (χ0) is 38.2. The minimum atomic E-state index is -3.99. The van der Waals surface area contributed by atoms with E-state index in [0.717, 1.165) is 15.6 Å². The van der Waals surface area contributed by atoms with Crippen molar-refractivity contribution in [1.29, 1.82) is 0 Å². The van der Waals surface area contributed by atoms with Crippen LogP contribution >= 0.6 is 61.8 Å². The monoisotopic (exact) mass is 878 g/mol. The Hall–Kier alpha value is -3.52. The van der Waals surface area contributed by atoms with E-state index in [4.69, 9.17) is 43.5 Å². The molecular weight excluding hydrogens is 854 g/mol. The summed E-state index contributed by atoms with van der Waals surface area (Å²) in [5.41, 5.74) is 3.98. The van der Waals surface area contributed by atoms with Crippen LogP contribution in [0.4, 0.5) is 0 Å². The molecule has 52 heavy (non-hydrogen) atoms.